The van der Waals surface area contributed by atoms with E-state index in [9.17, 15) is 0 Å². The maximum Gasteiger partial charge on any atom is 0.0801 e. The summed E-state index contributed by atoms with van der Waals surface area (Å²) >= 11 is 1.76. The Kier molecular flexibility index (Phi) is 2.75. The summed E-state index contributed by atoms with van der Waals surface area (Å²) in [5.41, 5.74) is 1.05. The predicted molar refractivity (Wildman–Crippen MR) is 62.3 cm³/mol. The summed E-state index contributed by atoms with van der Waals surface area (Å²) < 4.78 is 0. The van der Waals surface area contributed by atoms with Crippen molar-refractivity contribution in [1.82, 2.24) is 4.98 Å². The van der Waals surface area contributed by atoms with E-state index in [2.05, 4.69) is 23.2 Å². The third-order valence-electron chi connectivity index (χ3n) is 1.88. The Hall–Kier alpha value is -1.41. The van der Waals surface area contributed by atoms with Gasteiger partial charge >= 0.3 is 0 Å². The summed E-state index contributed by atoms with van der Waals surface area (Å²) in [5, 5.41) is 0. The lowest BCUT2D eigenvalue weighted by molar-refractivity contribution is 1.34. The molecule has 2 rings (SSSR count). The van der Waals surface area contributed by atoms with Crippen molar-refractivity contribution < 1.29 is 0 Å². The van der Waals surface area contributed by atoms with E-state index in [4.69, 9.17) is 0 Å². The van der Waals surface area contributed by atoms with Gasteiger partial charge in [-0.25, -0.2) is 0 Å². The minimum absolute atomic E-state index is 1.05. The molecule has 0 N–H and O–H groups in total. The van der Waals surface area contributed by atoms with Crippen molar-refractivity contribution >= 4 is 17.4 Å². The van der Waals surface area contributed by atoms with Crippen LogP contribution in [0.25, 0.3) is 16.6 Å². The van der Waals surface area contributed by atoms with Gasteiger partial charge in [0.1, 0.15) is 0 Å². The first kappa shape index (κ1) is 9.16. The Morgan fingerprint density at radius 1 is 1.21 bits per heavy atom. The third-order valence-corrected chi connectivity index (χ3v) is 2.95. The Morgan fingerprint density at radius 2 is 2.14 bits per heavy atom. The molecule has 2 aromatic rings. The van der Waals surface area contributed by atoms with E-state index in [0.29, 0.717) is 0 Å². The second-order valence-electron chi connectivity index (χ2n) is 2.92. The van der Waals surface area contributed by atoms with Crippen LogP contribution in [-0.4, -0.2) is 4.98 Å². The lowest BCUT2D eigenvalue weighted by atomic mass is 10.3. The molecule has 0 aliphatic carbocycles. The van der Waals surface area contributed by atoms with Crippen LogP contribution in [0.15, 0.2) is 42.6 Å². The fourth-order valence-corrected chi connectivity index (χ4v) is 2.21. The second kappa shape index (κ2) is 4.20. The molecule has 2 aromatic heterocycles. The molecule has 0 aliphatic rings. The quantitative estimate of drug-likeness (QED) is 0.719. The lowest BCUT2D eigenvalue weighted by Crippen LogP contribution is -1.75. The van der Waals surface area contributed by atoms with Crippen molar-refractivity contribution in [2.24, 2.45) is 0 Å². The molecule has 1 nitrogen and oxygen atoms in total. The van der Waals surface area contributed by atoms with E-state index in [1.54, 1.807) is 11.3 Å². The topological polar surface area (TPSA) is 12.9 Å². The molecule has 0 spiro atoms. The van der Waals surface area contributed by atoms with Crippen LogP contribution in [0.2, 0.25) is 0 Å². The van der Waals surface area contributed by atoms with Gasteiger partial charge in [0.05, 0.1) is 10.6 Å². The zero-order chi connectivity index (χ0) is 9.80. The summed E-state index contributed by atoms with van der Waals surface area (Å²) in [5.74, 6) is 0. The van der Waals surface area contributed by atoms with Gasteiger partial charge in [0, 0.05) is 11.1 Å². The molecule has 2 heteroatoms. The number of pyridine rings is 1. The molecule has 14 heavy (non-hydrogen) atoms. The smallest absolute Gasteiger partial charge is 0.0801 e. The van der Waals surface area contributed by atoms with E-state index < -0.39 is 0 Å². The highest BCUT2D eigenvalue weighted by atomic mass is 32.1. The molecule has 0 aromatic carbocycles. The summed E-state index contributed by atoms with van der Waals surface area (Å²) in [6.07, 6.45) is 5.98. The molecular formula is C12H11NS. The highest BCUT2D eigenvalue weighted by Crippen LogP contribution is 2.26. The molecule has 0 atom stereocenters. The minimum atomic E-state index is 1.05. The molecular weight excluding hydrogens is 190 g/mol. The number of thiophene rings is 1. The average Bonchev–Trinajstić information content (AvgIpc) is 2.68. The van der Waals surface area contributed by atoms with Crippen molar-refractivity contribution in [1.29, 1.82) is 0 Å². The monoisotopic (exact) mass is 201 g/mol. The first-order valence-electron chi connectivity index (χ1n) is 4.54. The van der Waals surface area contributed by atoms with Crippen LogP contribution in [0.4, 0.5) is 0 Å². The molecule has 0 saturated carbocycles. The van der Waals surface area contributed by atoms with Gasteiger partial charge in [-0.15, -0.1) is 11.3 Å². The van der Waals surface area contributed by atoms with Gasteiger partial charge in [0.2, 0.25) is 0 Å². The Bertz CT molecular complexity index is 429. The van der Waals surface area contributed by atoms with Gasteiger partial charge in [-0.2, -0.15) is 0 Å². The van der Waals surface area contributed by atoms with Crippen molar-refractivity contribution in [2.45, 2.75) is 6.92 Å². The second-order valence-corrected chi connectivity index (χ2v) is 4.03. The highest BCUT2D eigenvalue weighted by molar-refractivity contribution is 7.16. The summed E-state index contributed by atoms with van der Waals surface area (Å²) in [4.78, 5) is 6.80. The van der Waals surface area contributed by atoms with Crippen LogP contribution in [0, 0.1) is 0 Å². The molecule has 70 valence electrons. The van der Waals surface area contributed by atoms with Gasteiger partial charge in [0.15, 0.2) is 0 Å². The zero-order valence-electron chi connectivity index (χ0n) is 7.97. The molecule has 0 unspecified atom stereocenters. The van der Waals surface area contributed by atoms with E-state index >= 15 is 0 Å². The summed E-state index contributed by atoms with van der Waals surface area (Å²) in [7, 11) is 0. The molecule has 0 bridgehead atoms. The van der Waals surface area contributed by atoms with Crippen LogP contribution in [0.3, 0.4) is 0 Å². The van der Waals surface area contributed by atoms with E-state index in [0.717, 1.165) is 5.69 Å². The first-order chi connectivity index (χ1) is 6.90. The lowest BCUT2D eigenvalue weighted by Gasteiger charge is -1.92. The SMILES string of the molecule is C/C=C/c1ccc(-c2ccccn2)s1. The Balaban J connectivity index is 2.34. The van der Waals surface area contributed by atoms with Crippen molar-refractivity contribution in [3.05, 3.63) is 47.5 Å². The van der Waals surface area contributed by atoms with Crippen molar-refractivity contribution in [3.63, 3.8) is 0 Å². The standard InChI is InChI=1S/C12H11NS/c1-2-5-10-7-8-12(14-10)11-6-3-4-9-13-11/h2-9H,1H3/b5-2+. The molecule has 0 radical (unpaired) electrons. The molecule has 2 heterocycles. The average molecular weight is 201 g/mol. The molecule has 0 saturated heterocycles. The summed E-state index contributed by atoms with van der Waals surface area (Å²) in [6.45, 7) is 2.03. The first-order valence-corrected chi connectivity index (χ1v) is 5.36. The largest absolute Gasteiger partial charge is 0.255 e. The van der Waals surface area contributed by atoms with Crippen LogP contribution < -0.4 is 0 Å². The normalized spacial score (nSPS) is 10.9. The summed E-state index contributed by atoms with van der Waals surface area (Å²) in [6, 6.07) is 10.2. The molecule has 0 aliphatic heterocycles. The maximum atomic E-state index is 4.31. The van der Waals surface area contributed by atoms with Crippen molar-refractivity contribution in [3.8, 4) is 10.6 Å². The molecule has 0 fully saturated rings. The van der Waals surface area contributed by atoms with E-state index in [1.165, 1.54) is 9.75 Å². The zero-order valence-corrected chi connectivity index (χ0v) is 8.79. The fourth-order valence-electron chi connectivity index (χ4n) is 1.25. The van der Waals surface area contributed by atoms with Crippen LogP contribution in [0.1, 0.15) is 11.8 Å². The number of allylic oxidation sites excluding steroid dienone is 1. The van der Waals surface area contributed by atoms with Crippen LogP contribution >= 0.6 is 11.3 Å². The van der Waals surface area contributed by atoms with Crippen LogP contribution in [-0.2, 0) is 0 Å². The van der Waals surface area contributed by atoms with Gasteiger partial charge in [-0.1, -0.05) is 12.1 Å². The highest BCUT2D eigenvalue weighted by Gasteiger charge is 2.00. The number of hydrogen-bond acceptors (Lipinski definition) is 2. The van der Waals surface area contributed by atoms with Gasteiger partial charge in [-0.3, -0.25) is 4.98 Å². The number of nitrogens with zero attached hydrogens (tertiary/aromatic N) is 1. The van der Waals surface area contributed by atoms with Gasteiger partial charge in [-0.05, 0) is 37.3 Å². The number of hydrogen-bond donors (Lipinski definition) is 0. The van der Waals surface area contributed by atoms with Crippen molar-refractivity contribution in [2.75, 3.05) is 0 Å². The van der Waals surface area contributed by atoms with E-state index in [1.807, 2.05) is 37.4 Å². The Labute approximate surface area is 87.8 Å². The van der Waals surface area contributed by atoms with Gasteiger partial charge in [0.25, 0.3) is 0 Å². The Morgan fingerprint density at radius 3 is 2.86 bits per heavy atom. The van der Waals surface area contributed by atoms with Crippen LogP contribution in [0.5, 0.6) is 0 Å². The fraction of sp³-hybridized carbons (Fsp3) is 0.0833. The number of aromatic nitrogens is 1. The number of rotatable bonds is 2. The van der Waals surface area contributed by atoms with E-state index in [-0.39, 0.29) is 0 Å². The maximum absolute atomic E-state index is 4.31. The third kappa shape index (κ3) is 1.91. The van der Waals surface area contributed by atoms with Gasteiger partial charge < -0.3 is 0 Å². The minimum Gasteiger partial charge on any atom is -0.255 e. The molecule has 0 amide bonds. The predicted octanol–water partition coefficient (Wildman–Crippen LogP) is 3.84.